The maximum atomic E-state index is 11.2. The van der Waals surface area contributed by atoms with Crippen molar-refractivity contribution in [2.45, 2.75) is 26.8 Å². The predicted octanol–water partition coefficient (Wildman–Crippen LogP) is 2.80. The molecule has 1 aromatic rings. The highest BCUT2D eigenvalue weighted by Crippen LogP contribution is 2.12. The third kappa shape index (κ3) is 4.72. The van der Waals surface area contributed by atoms with Gasteiger partial charge in [0.1, 0.15) is 0 Å². The van der Waals surface area contributed by atoms with Crippen LogP contribution in [0.5, 0.6) is 0 Å². The molecule has 0 bridgehead atoms. The number of carbonyl (C=O) groups is 1. The normalized spacial score (nSPS) is 13.0. The molecule has 0 aliphatic rings. The van der Waals surface area contributed by atoms with Gasteiger partial charge in [0.2, 0.25) is 0 Å². The minimum atomic E-state index is -0.308. The van der Waals surface area contributed by atoms with Crippen LogP contribution in [0, 0.1) is 0 Å². The number of benzene rings is 1. The van der Waals surface area contributed by atoms with Gasteiger partial charge < -0.3 is 10.1 Å². The number of hydrogen-bond donors (Lipinski definition) is 1. The van der Waals surface area contributed by atoms with E-state index in [0.29, 0.717) is 6.61 Å². The molecule has 0 radical (unpaired) electrons. The van der Waals surface area contributed by atoms with Crippen molar-refractivity contribution >= 4 is 5.97 Å². The molecular formula is C14H19NO2. The predicted molar refractivity (Wildman–Crippen MR) is 68.4 cm³/mol. The zero-order valence-corrected chi connectivity index (χ0v) is 10.6. The SMILES string of the molecule is CCOC(=O)/C=C(/C)N[C@H](C)c1ccccc1. The van der Waals surface area contributed by atoms with Gasteiger partial charge in [0, 0.05) is 17.8 Å². The van der Waals surface area contributed by atoms with Crippen LogP contribution >= 0.6 is 0 Å². The lowest BCUT2D eigenvalue weighted by atomic mass is 10.1. The molecule has 17 heavy (non-hydrogen) atoms. The number of rotatable bonds is 5. The highest BCUT2D eigenvalue weighted by Gasteiger charge is 2.05. The standard InChI is InChI=1S/C14H19NO2/c1-4-17-14(16)10-11(2)15-12(3)13-8-6-5-7-9-13/h5-10,12,15H,4H2,1-3H3/b11-10-/t12-/m1/s1. The Morgan fingerprint density at radius 1 is 1.41 bits per heavy atom. The summed E-state index contributed by atoms with van der Waals surface area (Å²) in [5, 5.41) is 3.25. The van der Waals surface area contributed by atoms with Gasteiger partial charge in [0.15, 0.2) is 0 Å². The van der Waals surface area contributed by atoms with Crippen LogP contribution in [-0.2, 0) is 9.53 Å². The maximum Gasteiger partial charge on any atom is 0.332 e. The average molecular weight is 233 g/mol. The van der Waals surface area contributed by atoms with E-state index < -0.39 is 0 Å². The Labute approximate surface area is 102 Å². The van der Waals surface area contributed by atoms with Crippen LogP contribution in [0.1, 0.15) is 32.4 Å². The summed E-state index contributed by atoms with van der Waals surface area (Å²) in [5.74, 6) is -0.308. The average Bonchev–Trinajstić information content (AvgIpc) is 2.30. The molecule has 0 heterocycles. The molecule has 0 saturated heterocycles. The first-order valence-electron chi connectivity index (χ1n) is 5.80. The summed E-state index contributed by atoms with van der Waals surface area (Å²) in [4.78, 5) is 11.2. The number of hydrogen-bond acceptors (Lipinski definition) is 3. The van der Waals surface area contributed by atoms with Gasteiger partial charge in [-0.05, 0) is 26.3 Å². The Balaban J connectivity index is 2.57. The van der Waals surface area contributed by atoms with Gasteiger partial charge in [-0.25, -0.2) is 4.79 Å². The molecule has 3 nitrogen and oxygen atoms in total. The smallest absolute Gasteiger partial charge is 0.332 e. The number of allylic oxidation sites excluding steroid dienone is 1. The van der Waals surface area contributed by atoms with E-state index in [9.17, 15) is 4.79 Å². The van der Waals surface area contributed by atoms with Crippen molar-refractivity contribution in [2.24, 2.45) is 0 Å². The van der Waals surface area contributed by atoms with Crippen molar-refractivity contribution in [3.05, 3.63) is 47.7 Å². The van der Waals surface area contributed by atoms with Crippen molar-refractivity contribution in [1.82, 2.24) is 5.32 Å². The van der Waals surface area contributed by atoms with Crippen molar-refractivity contribution in [2.75, 3.05) is 6.61 Å². The fourth-order valence-corrected chi connectivity index (χ4v) is 1.57. The van der Waals surface area contributed by atoms with Crippen molar-refractivity contribution < 1.29 is 9.53 Å². The van der Waals surface area contributed by atoms with Crippen LogP contribution in [0.2, 0.25) is 0 Å². The molecule has 0 fully saturated rings. The molecule has 0 spiro atoms. The quantitative estimate of drug-likeness (QED) is 0.627. The summed E-state index contributed by atoms with van der Waals surface area (Å²) in [7, 11) is 0. The van der Waals surface area contributed by atoms with E-state index in [1.165, 1.54) is 11.6 Å². The Bertz CT molecular complexity index is 384. The van der Waals surface area contributed by atoms with E-state index in [4.69, 9.17) is 4.74 Å². The summed E-state index contributed by atoms with van der Waals surface area (Å²) < 4.78 is 4.84. The summed E-state index contributed by atoms with van der Waals surface area (Å²) in [6.07, 6.45) is 1.48. The largest absolute Gasteiger partial charge is 0.463 e. The molecule has 0 aliphatic heterocycles. The van der Waals surface area contributed by atoms with E-state index in [1.807, 2.05) is 25.1 Å². The molecule has 1 atom stereocenters. The van der Waals surface area contributed by atoms with Crippen LogP contribution in [0.25, 0.3) is 0 Å². The van der Waals surface area contributed by atoms with Crippen LogP contribution in [0.3, 0.4) is 0 Å². The van der Waals surface area contributed by atoms with Crippen molar-refractivity contribution in [1.29, 1.82) is 0 Å². The lowest BCUT2D eigenvalue weighted by molar-refractivity contribution is -0.137. The van der Waals surface area contributed by atoms with E-state index in [-0.39, 0.29) is 12.0 Å². The highest BCUT2D eigenvalue weighted by molar-refractivity contribution is 5.82. The molecule has 3 heteroatoms. The van der Waals surface area contributed by atoms with Crippen LogP contribution in [0.4, 0.5) is 0 Å². The van der Waals surface area contributed by atoms with Gasteiger partial charge in [-0.1, -0.05) is 30.3 Å². The first-order chi connectivity index (χ1) is 8.13. The Morgan fingerprint density at radius 2 is 2.06 bits per heavy atom. The third-order valence-corrected chi connectivity index (χ3v) is 2.36. The van der Waals surface area contributed by atoms with E-state index in [1.54, 1.807) is 6.92 Å². The van der Waals surface area contributed by atoms with Gasteiger partial charge in [-0.3, -0.25) is 0 Å². The van der Waals surface area contributed by atoms with Crippen molar-refractivity contribution in [3.8, 4) is 0 Å². The monoisotopic (exact) mass is 233 g/mol. The molecular weight excluding hydrogens is 214 g/mol. The molecule has 0 saturated carbocycles. The van der Waals surface area contributed by atoms with Gasteiger partial charge in [-0.2, -0.15) is 0 Å². The Hall–Kier alpha value is -1.77. The number of esters is 1. The van der Waals surface area contributed by atoms with E-state index >= 15 is 0 Å². The summed E-state index contributed by atoms with van der Waals surface area (Å²) in [6.45, 7) is 6.10. The molecule has 1 N–H and O–H groups in total. The molecule has 1 aromatic carbocycles. The zero-order valence-electron chi connectivity index (χ0n) is 10.6. The Morgan fingerprint density at radius 3 is 2.65 bits per heavy atom. The summed E-state index contributed by atoms with van der Waals surface area (Å²) in [5.41, 5.74) is 1.99. The lowest BCUT2D eigenvalue weighted by Crippen LogP contribution is -2.17. The minimum absolute atomic E-state index is 0.168. The molecule has 0 aliphatic carbocycles. The second kappa shape index (κ2) is 6.74. The van der Waals surface area contributed by atoms with Gasteiger partial charge >= 0.3 is 5.97 Å². The van der Waals surface area contributed by atoms with E-state index in [0.717, 1.165) is 5.70 Å². The topological polar surface area (TPSA) is 38.3 Å². The number of nitrogens with one attached hydrogen (secondary N) is 1. The first kappa shape index (κ1) is 13.3. The highest BCUT2D eigenvalue weighted by atomic mass is 16.5. The zero-order chi connectivity index (χ0) is 12.7. The second-order valence-electron chi connectivity index (χ2n) is 3.86. The second-order valence-corrected chi connectivity index (χ2v) is 3.86. The Kier molecular flexibility index (Phi) is 5.27. The van der Waals surface area contributed by atoms with Crippen LogP contribution < -0.4 is 5.32 Å². The summed E-state index contributed by atoms with van der Waals surface area (Å²) in [6, 6.07) is 10.2. The van der Waals surface area contributed by atoms with Gasteiger partial charge in [-0.15, -0.1) is 0 Å². The number of ether oxygens (including phenoxy) is 1. The lowest BCUT2D eigenvalue weighted by Gasteiger charge is -2.15. The molecule has 92 valence electrons. The van der Waals surface area contributed by atoms with Crippen LogP contribution in [0.15, 0.2) is 42.1 Å². The van der Waals surface area contributed by atoms with Gasteiger partial charge in [0.05, 0.1) is 6.61 Å². The third-order valence-electron chi connectivity index (χ3n) is 2.36. The van der Waals surface area contributed by atoms with Crippen molar-refractivity contribution in [3.63, 3.8) is 0 Å². The minimum Gasteiger partial charge on any atom is -0.463 e. The maximum absolute atomic E-state index is 11.2. The first-order valence-corrected chi connectivity index (χ1v) is 5.80. The molecule has 0 aromatic heterocycles. The molecule has 0 unspecified atom stereocenters. The summed E-state index contributed by atoms with van der Waals surface area (Å²) >= 11 is 0. The van der Waals surface area contributed by atoms with Gasteiger partial charge in [0.25, 0.3) is 0 Å². The molecule has 0 amide bonds. The fourth-order valence-electron chi connectivity index (χ4n) is 1.57. The number of carbonyl (C=O) groups excluding carboxylic acids is 1. The van der Waals surface area contributed by atoms with Crippen LogP contribution in [-0.4, -0.2) is 12.6 Å². The fraction of sp³-hybridized carbons (Fsp3) is 0.357. The molecule has 1 rings (SSSR count). The van der Waals surface area contributed by atoms with E-state index in [2.05, 4.69) is 24.4 Å².